The summed E-state index contributed by atoms with van der Waals surface area (Å²) >= 11 is 3.03. The fourth-order valence-electron chi connectivity index (χ4n) is 6.25. The largest absolute Gasteiger partial charge is 0.454 e. The van der Waals surface area contributed by atoms with Crippen molar-refractivity contribution in [3.8, 4) is 0 Å². The molecule has 1 aliphatic heterocycles. The highest BCUT2D eigenvalue weighted by atomic mass is 79.9. The zero-order valence-corrected chi connectivity index (χ0v) is 25.3. The third-order valence-corrected chi connectivity index (χ3v) is 20.4. The van der Waals surface area contributed by atoms with E-state index < -0.39 is 39.4 Å². The molecule has 0 aromatic rings. The molecule has 0 radical (unpaired) electrons. The monoisotopic (exact) mass is 540 g/mol. The molecule has 0 amide bonds. The van der Waals surface area contributed by atoms with E-state index >= 15 is 4.39 Å². The van der Waals surface area contributed by atoms with Crippen LogP contribution in [0.15, 0.2) is 0 Å². The van der Waals surface area contributed by atoms with Gasteiger partial charge in [0.2, 0.25) is 16.6 Å². The Bertz CT molecular complexity index is 565. The smallest absolute Gasteiger partial charge is 0.358 e. The highest BCUT2D eigenvalue weighted by Crippen LogP contribution is 2.49. The molecule has 1 fully saturated rings. The van der Waals surface area contributed by atoms with Crippen LogP contribution in [0.3, 0.4) is 0 Å². The molecule has 4 nitrogen and oxygen atoms in total. The lowest BCUT2D eigenvalue weighted by Crippen LogP contribution is -2.56. The lowest BCUT2D eigenvalue weighted by atomic mass is 10.2. The zero-order chi connectivity index (χ0) is 24.5. The SMILES string of the molecule is CC(C)[Si](OC[C@H]1OC(=O)[C@](F)(Br)[C@@H]1O[Si](C(C)C)(C(C)C)C(C)C)(C(C)C)C(C)C. The van der Waals surface area contributed by atoms with Crippen LogP contribution in [0.5, 0.6) is 0 Å². The van der Waals surface area contributed by atoms with Crippen LogP contribution in [0.1, 0.15) is 83.1 Å². The van der Waals surface area contributed by atoms with E-state index in [1.165, 1.54) is 0 Å². The van der Waals surface area contributed by atoms with E-state index in [1.54, 1.807) is 0 Å². The van der Waals surface area contributed by atoms with Crippen LogP contribution in [0.25, 0.3) is 0 Å². The summed E-state index contributed by atoms with van der Waals surface area (Å²) in [6.07, 6.45) is -1.78. The maximum Gasteiger partial charge on any atom is 0.358 e. The Labute approximate surface area is 200 Å². The number of carbonyl (C=O) groups excluding carboxylic acids is 1. The van der Waals surface area contributed by atoms with Crippen LogP contribution in [-0.2, 0) is 18.4 Å². The number of ether oxygens (including phenoxy) is 1. The molecule has 1 rings (SSSR count). The number of esters is 1. The summed E-state index contributed by atoms with van der Waals surface area (Å²) in [6.45, 7) is 26.3. The third kappa shape index (κ3) is 5.33. The number of halogens is 2. The molecule has 31 heavy (non-hydrogen) atoms. The Balaban J connectivity index is 3.33. The molecule has 8 heteroatoms. The van der Waals surface area contributed by atoms with Crippen LogP contribution in [0.2, 0.25) is 33.2 Å². The maximum absolute atomic E-state index is 15.6. The minimum Gasteiger partial charge on any atom is -0.454 e. The molecule has 0 aliphatic carbocycles. The van der Waals surface area contributed by atoms with Gasteiger partial charge in [0.25, 0.3) is 4.58 Å². The quantitative estimate of drug-likeness (QED) is 0.153. The molecule has 184 valence electrons. The van der Waals surface area contributed by atoms with Crippen molar-refractivity contribution in [1.82, 2.24) is 0 Å². The van der Waals surface area contributed by atoms with Crippen LogP contribution in [0.4, 0.5) is 4.39 Å². The van der Waals surface area contributed by atoms with Crippen molar-refractivity contribution in [3.63, 3.8) is 0 Å². The Kier molecular flexibility index (Phi) is 10.1. The fraction of sp³-hybridized carbons (Fsp3) is 0.957. The van der Waals surface area contributed by atoms with Crippen LogP contribution in [0, 0.1) is 0 Å². The molecule has 0 aromatic carbocycles. The highest BCUT2D eigenvalue weighted by Gasteiger charge is 2.62. The van der Waals surface area contributed by atoms with Gasteiger partial charge in [-0.05, 0) is 49.2 Å². The Morgan fingerprint density at radius 1 is 0.839 bits per heavy atom. The summed E-state index contributed by atoms with van der Waals surface area (Å²) in [5, 5.41) is 0. The second-order valence-corrected chi connectivity index (χ2v) is 23.1. The van der Waals surface area contributed by atoms with E-state index in [-0.39, 0.29) is 23.2 Å². The summed E-state index contributed by atoms with van der Waals surface area (Å²) < 4.78 is 32.2. The topological polar surface area (TPSA) is 44.8 Å². The first kappa shape index (κ1) is 29.3. The average Bonchev–Trinajstić information content (AvgIpc) is 2.80. The molecule has 0 N–H and O–H groups in total. The molecule has 3 atom stereocenters. The molecule has 0 spiro atoms. The van der Waals surface area contributed by atoms with E-state index in [9.17, 15) is 4.79 Å². The number of hydrogen-bond donors (Lipinski definition) is 0. The van der Waals surface area contributed by atoms with Crippen LogP contribution < -0.4 is 0 Å². The Morgan fingerprint density at radius 2 is 1.19 bits per heavy atom. The summed E-state index contributed by atoms with van der Waals surface area (Å²) in [4.78, 5) is 12.5. The molecule has 0 aromatic heterocycles. The third-order valence-electron chi connectivity index (χ3n) is 7.47. The number of carbonyl (C=O) groups is 1. The van der Waals surface area contributed by atoms with Crippen molar-refractivity contribution in [3.05, 3.63) is 0 Å². The summed E-state index contributed by atoms with van der Waals surface area (Å²) in [5.41, 5.74) is 1.96. The van der Waals surface area contributed by atoms with Gasteiger partial charge in [0, 0.05) is 0 Å². The summed E-state index contributed by atoms with van der Waals surface area (Å²) in [6, 6.07) is 0. The van der Waals surface area contributed by atoms with E-state index in [0.717, 1.165) is 0 Å². The van der Waals surface area contributed by atoms with Gasteiger partial charge in [0.1, 0.15) is 6.10 Å². The van der Waals surface area contributed by atoms with Gasteiger partial charge in [-0.3, -0.25) is 0 Å². The van der Waals surface area contributed by atoms with Crippen molar-refractivity contribution >= 4 is 38.5 Å². The van der Waals surface area contributed by atoms with Crippen molar-refractivity contribution in [2.75, 3.05) is 6.61 Å². The molecule has 1 saturated heterocycles. The van der Waals surface area contributed by atoms with Crippen LogP contribution >= 0.6 is 15.9 Å². The van der Waals surface area contributed by atoms with Crippen molar-refractivity contribution in [2.45, 2.75) is 133 Å². The Hall–Kier alpha value is 0.234. The van der Waals surface area contributed by atoms with E-state index in [0.29, 0.717) is 16.6 Å². The minimum atomic E-state index is -2.44. The highest BCUT2D eigenvalue weighted by molar-refractivity contribution is 9.10. The molecule has 0 unspecified atom stereocenters. The van der Waals surface area contributed by atoms with Gasteiger partial charge < -0.3 is 13.6 Å². The van der Waals surface area contributed by atoms with Gasteiger partial charge in [-0.15, -0.1) is 0 Å². The summed E-state index contributed by atoms with van der Waals surface area (Å²) in [7, 11) is -4.63. The zero-order valence-electron chi connectivity index (χ0n) is 21.7. The lowest BCUT2D eigenvalue weighted by molar-refractivity contribution is -0.146. The van der Waals surface area contributed by atoms with Crippen molar-refractivity contribution in [1.29, 1.82) is 0 Å². The second kappa shape index (κ2) is 10.7. The lowest BCUT2D eigenvalue weighted by Gasteiger charge is -2.46. The molecule has 0 saturated carbocycles. The standard InChI is InChI=1S/C23H46BrFO4Si2/c1-14(2)30(15(3)4,16(5)6)27-13-20-21(23(24,25)22(26)28-20)29-31(17(7)8,18(9)10)19(11)12/h14-21H,13H2,1-12H3/t20-,21-,23+/m1/s1. The normalized spacial score (nSPS) is 25.7. The van der Waals surface area contributed by atoms with Gasteiger partial charge in [0.15, 0.2) is 6.10 Å². The van der Waals surface area contributed by atoms with Crippen molar-refractivity contribution < 1.29 is 22.8 Å². The number of hydrogen-bond acceptors (Lipinski definition) is 4. The molecule has 0 bridgehead atoms. The molecule has 1 heterocycles. The van der Waals surface area contributed by atoms with Gasteiger partial charge >= 0.3 is 5.97 Å². The van der Waals surface area contributed by atoms with Gasteiger partial charge in [-0.1, -0.05) is 83.1 Å². The predicted molar refractivity (Wildman–Crippen MR) is 136 cm³/mol. The molecule has 1 aliphatic rings. The maximum atomic E-state index is 15.6. The number of cyclic esters (lactones) is 1. The second-order valence-electron chi connectivity index (χ2n) is 11.1. The summed E-state index contributed by atoms with van der Waals surface area (Å²) in [5.74, 6) is -0.906. The van der Waals surface area contributed by atoms with Crippen LogP contribution in [-0.4, -0.2) is 46.0 Å². The number of alkyl halides is 2. The first-order chi connectivity index (χ1) is 14.0. The fourth-order valence-corrected chi connectivity index (χ4v) is 17.9. The minimum absolute atomic E-state index is 0.174. The van der Waals surface area contributed by atoms with Gasteiger partial charge in [-0.2, -0.15) is 0 Å². The van der Waals surface area contributed by atoms with E-state index in [4.69, 9.17) is 13.6 Å². The number of rotatable bonds is 11. The first-order valence-corrected chi connectivity index (χ1v) is 17.0. The molecular formula is C23H46BrFO4Si2. The van der Waals surface area contributed by atoms with E-state index in [1.807, 2.05) is 0 Å². The van der Waals surface area contributed by atoms with Gasteiger partial charge in [-0.25, -0.2) is 9.18 Å². The van der Waals surface area contributed by atoms with Crippen molar-refractivity contribution in [2.24, 2.45) is 0 Å². The predicted octanol–water partition coefficient (Wildman–Crippen LogP) is 7.73. The van der Waals surface area contributed by atoms with Gasteiger partial charge in [0.05, 0.1) is 6.61 Å². The first-order valence-electron chi connectivity index (χ1n) is 11.9. The molecular weight excluding hydrogens is 495 g/mol. The average molecular weight is 542 g/mol. The van der Waals surface area contributed by atoms with E-state index in [2.05, 4.69) is 99.0 Å². The Morgan fingerprint density at radius 3 is 1.52 bits per heavy atom.